The minimum absolute atomic E-state index is 0.0609. The van der Waals surface area contributed by atoms with E-state index in [9.17, 15) is 9.18 Å². The Labute approximate surface area is 109 Å². The molecule has 0 heterocycles. The highest BCUT2D eigenvalue weighted by atomic mass is 19.1. The van der Waals surface area contributed by atoms with Crippen molar-refractivity contribution in [2.45, 2.75) is 6.61 Å². The molecule has 0 bridgehead atoms. The Hall–Kier alpha value is -2.40. The van der Waals surface area contributed by atoms with Gasteiger partial charge in [-0.1, -0.05) is 12.1 Å². The molecule has 4 nitrogen and oxygen atoms in total. The van der Waals surface area contributed by atoms with E-state index >= 15 is 0 Å². The number of benzene rings is 2. The van der Waals surface area contributed by atoms with Crippen LogP contribution in [0.3, 0.4) is 0 Å². The van der Waals surface area contributed by atoms with Gasteiger partial charge in [0.1, 0.15) is 5.82 Å². The van der Waals surface area contributed by atoms with E-state index in [1.165, 1.54) is 6.07 Å². The van der Waals surface area contributed by atoms with Gasteiger partial charge >= 0.3 is 0 Å². The monoisotopic (exact) mass is 260 g/mol. The first-order valence-electron chi connectivity index (χ1n) is 5.65. The number of aliphatic hydroxyl groups excluding tert-OH is 1. The second kappa shape index (κ2) is 5.49. The molecule has 1 amide bonds. The number of halogens is 1. The second-order valence-corrected chi connectivity index (χ2v) is 4.08. The molecule has 98 valence electrons. The van der Waals surface area contributed by atoms with E-state index in [0.717, 1.165) is 17.7 Å². The summed E-state index contributed by atoms with van der Waals surface area (Å²) in [5.41, 5.74) is 7.14. The third kappa shape index (κ3) is 3.29. The van der Waals surface area contributed by atoms with E-state index in [1.54, 1.807) is 24.3 Å². The number of anilines is 2. The minimum Gasteiger partial charge on any atom is -0.399 e. The molecule has 0 aliphatic heterocycles. The Kier molecular flexibility index (Phi) is 3.77. The molecule has 0 saturated heterocycles. The van der Waals surface area contributed by atoms with Crippen molar-refractivity contribution in [3.8, 4) is 0 Å². The topological polar surface area (TPSA) is 75.4 Å². The molecular weight excluding hydrogens is 247 g/mol. The Bertz CT molecular complexity index is 577. The molecule has 2 aromatic carbocycles. The predicted molar refractivity (Wildman–Crippen MR) is 71.1 cm³/mol. The first kappa shape index (κ1) is 13.0. The Balaban J connectivity index is 2.15. The van der Waals surface area contributed by atoms with Gasteiger partial charge in [-0.15, -0.1) is 0 Å². The standard InChI is InChI=1S/C14H13FN2O2/c15-11-5-10(6-12(16)7-11)14(19)17-13-3-1-9(8-18)2-4-13/h1-7,18H,8,16H2,(H,17,19). The summed E-state index contributed by atoms with van der Waals surface area (Å²) in [6.45, 7) is -0.0609. The summed E-state index contributed by atoms with van der Waals surface area (Å²) in [4.78, 5) is 11.9. The van der Waals surface area contributed by atoms with Crippen molar-refractivity contribution in [3.63, 3.8) is 0 Å². The normalized spacial score (nSPS) is 10.2. The van der Waals surface area contributed by atoms with Crippen molar-refractivity contribution in [1.82, 2.24) is 0 Å². The zero-order valence-electron chi connectivity index (χ0n) is 10.1. The number of hydrogen-bond acceptors (Lipinski definition) is 3. The lowest BCUT2D eigenvalue weighted by Gasteiger charge is -2.07. The third-order valence-corrected chi connectivity index (χ3v) is 2.58. The fourth-order valence-corrected chi connectivity index (χ4v) is 1.64. The molecule has 0 unspecified atom stereocenters. The second-order valence-electron chi connectivity index (χ2n) is 4.08. The molecule has 0 aromatic heterocycles. The van der Waals surface area contributed by atoms with E-state index in [1.807, 2.05) is 0 Å². The van der Waals surface area contributed by atoms with Gasteiger partial charge in [0.25, 0.3) is 5.91 Å². The van der Waals surface area contributed by atoms with Crippen LogP contribution in [0, 0.1) is 5.82 Å². The summed E-state index contributed by atoms with van der Waals surface area (Å²) in [5, 5.41) is 11.5. The summed E-state index contributed by atoms with van der Waals surface area (Å²) in [6.07, 6.45) is 0. The third-order valence-electron chi connectivity index (χ3n) is 2.58. The van der Waals surface area contributed by atoms with E-state index < -0.39 is 11.7 Å². The first-order valence-corrected chi connectivity index (χ1v) is 5.65. The van der Waals surface area contributed by atoms with Crippen LogP contribution in [-0.2, 0) is 6.61 Å². The molecule has 2 rings (SSSR count). The average molecular weight is 260 g/mol. The lowest BCUT2D eigenvalue weighted by Crippen LogP contribution is -2.12. The van der Waals surface area contributed by atoms with Crippen molar-refractivity contribution in [1.29, 1.82) is 0 Å². The molecule has 0 aliphatic carbocycles. The molecule has 0 fully saturated rings. The number of hydrogen-bond donors (Lipinski definition) is 3. The van der Waals surface area contributed by atoms with E-state index in [4.69, 9.17) is 10.8 Å². The number of amides is 1. The molecule has 2 aromatic rings. The van der Waals surface area contributed by atoms with Gasteiger partial charge in [0.15, 0.2) is 0 Å². The van der Waals surface area contributed by atoms with Gasteiger partial charge in [-0.25, -0.2) is 4.39 Å². The van der Waals surface area contributed by atoms with Gasteiger partial charge < -0.3 is 16.2 Å². The van der Waals surface area contributed by atoms with Crippen molar-refractivity contribution in [2.75, 3.05) is 11.1 Å². The SMILES string of the molecule is Nc1cc(F)cc(C(=O)Nc2ccc(CO)cc2)c1. The molecule has 0 atom stereocenters. The average Bonchev–Trinajstić information content (AvgIpc) is 2.38. The molecular formula is C14H13FN2O2. The van der Waals surface area contributed by atoms with Gasteiger partial charge in [-0.05, 0) is 35.9 Å². The lowest BCUT2D eigenvalue weighted by atomic mass is 10.1. The summed E-state index contributed by atoms with van der Waals surface area (Å²) in [7, 11) is 0. The van der Waals surface area contributed by atoms with Crippen LogP contribution < -0.4 is 11.1 Å². The van der Waals surface area contributed by atoms with Crippen LogP contribution >= 0.6 is 0 Å². The largest absolute Gasteiger partial charge is 0.399 e. The van der Waals surface area contributed by atoms with Crippen LogP contribution in [0.2, 0.25) is 0 Å². The molecule has 5 heteroatoms. The minimum atomic E-state index is -0.555. The lowest BCUT2D eigenvalue weighted by molar-refractivity contribution is 0.102. The molecule has 0 aliphatic rings. The number of rotatable bonds is 3. The molecule has 0 saturated carbocycles. The van der Waals surface area contributed by atoms with Crippen LogP contribution in [0.15, 0.2) is 42.5 Å². The van der Waals surface area contributed by atoms with Crippen molar-refractivity contribution < 1.29 is 14.3 Å². The fourth-order valence-electron chi connectivity index (χ4n) is 1.64. The number of carbonyl (C=O) groups excluding carboxylic acids is 1. The van der Waals surface area contributed by atoms with Gasteiger partial charge in [0.2, 0.25) is 0 Å². The highest BCUT2D eigenvalue weighted by molar-refractivity contribution is 6.04. The molecule has 19 heavy (non-hydrogen) atoms. The van der Waals surface area contributed by atoms with Crippen molar-refractivity contribution in [2.24, 2.45) is 0 Å². The van der Waals surface area contributed by atoms with Crippen molar-refractivity contribution >= 4 is 17.3 Å². The van der Waals surface area contributed by atoms with Crippen LogP contribution in [0.5, 0.6) is 0 Å². The number of nitrogens with two attached hydrogens (primary N) is 1. The number of carbonyl (C=O) groups is 1. The summed E-state index contributed by atoms with van der Waals surface area (Å²) in [5.74, 6) is -0.997. The Morgan fingerprint density at radius 1 is 1.21 bits per heavy atom. The fraction of sp³-hybridized carbons (Fsp3) is 0.0714. The van der Waals surface area contributed by atoms with Crippen LogP contribution in [0.25, 0.3) is 0 Å². The maximum absolute atomic E-state index is 13.1. The van der Waals surface area contributed by atoms with Crippen LogP contribution in [0.4, 0.5) is 15.8 Å². The Morgan fingerprint density at radius 3 is 2.47 bits per heavy atom. The van der Waals surface area contributed by atoms with Gasteiger partial charge in [0.05, 0.1) is 6.61 Å². The summed E-state index contributed by atoms with van der Waals surface area (Å²) < 4.78 is 13.1. The highest BCUT2D eigenvalue weighted by Gasteiger charge is 2.08. The number of nitrogen functional groups attached to an aromatic ring is 1. The van der Waals surface area contributed by atoms with Crippen molar-refractivity contribution in [3.05, 3.63) is 59.4 Å². The van der Waals surface area contributed by atoms with Crippen LogP contribution in [-0.4, -0.2) is 11.0 Å². The molecule has 4 N–H and O–H groups in total. The number of aliphatic hydroxyl groups is 1. The van der Waals surface area contributed by atoms with Gasteiger partial charge in [-0.3, -0.25) is 4.79 Å². The molecule has 0 radical (unpaired) electrons. The maximum Gasteiger partial charge on any atom is 0.255 e. The number of nitrogens with one attached hydrogen (secondary N) is 1. The summed E-state index contributed by atoms with van der Waals surface area (Å²) in [6, 6.07) is 10.4. The summed E-state index contributed by atoms with van der Waals surface area (Å²) >= 11 is 0. The van der Waals surface area contributed by atoms with E-state index in [0.29, 0.717) is 5.69 Å². The Morgan fingerprint density at radius 2 is 1.89 bits per heavy atom. The molecule has 0 spiro atoms. The van der Waals surface area contributed by atoms with Crippen LogP contribution in [0.1, 0.15) is 15.9 Å². The maximum atomic E-state index is 13.1. The zero-order valence-corrected chi connectivity index (χ0v) is 10.1. The highest BCUT2D eigenvalue weighted by Crippen LogP contribution is 2.14. The van der Waals surface area contributed by atoms with E-state index in [-0.39, 0.29) is 17.9 Å². The quantitative estimate of drug-likeness (QED) is 0.740. The first-order chi connectivity index (χ1) is 9.08. The van der Waals surface area contributed by atoms with Gasteiger partial charge in [0, 0.05) is 16.9 Å². The van der Waals surface area contributed by atoms with Gasteiger partial charge in [-0.2, -0.15) is 0 Å². The predicted octanol–water partition coefficient (Wildman–Crippen LogP) is 2.15. The van der Waals surface area contributed by atoms with E-state index in [2.05, 4.69) is 5.32 Å². The zero-order chi connectivity index (χ0) is 13.8. The smallest absolute Gasteiger partial charge is 0.255 e.